The first kappa shape index (κ1) is 16.7. The van der Waals surface area contributed by atoms with E-state index in [1.165, 1.54) is 11.1 Å². The molecule has 0 bridgehead atoms. The SMILES string of the molecule is COC(CN(Cc1ccc(C)cc1Br)SI)OC. The molecule has 0 aliphatic rings. The van der Waals surface area contributed by atoms with Crippen LogP contribution in [0.15, 0.2) is 22.7 Å². The molecule has 0 aromatic heterocycles. The molecule has 0 spiro atoms. The standard InChI is InChI=1S/C12H17BrINO2S/c1-9-4-5-10(11(13)6-9)7-15(18-14)8-12(16-2)17-3/h4-6,12H,7-8H2,1-3H3. The Bertz CT molecular complexity index is 377. The monoisotopic (exact) mass is 445 g/mol. The van der Waals surface area contributed by atoms with Crippen molar-refractivity contribution in [3.63, 3.8) is 0 Å². The molecule has 3 nitrogen and oxygen atoms in total. The van der Waals surface area contributed by atoms with E-state index in [9.17, 15) is 0 Å². The van der Waals surface area contributed by atoms with Gasteiger partial charge in [-0.15, -0.1) is 0 Å². The first-order chi connectivity index (χ1) is 8.60. The van der Waals surface area contributed by atoms with E-state index < -0.39 is 0 Å². The molecular formula is C12H17BrINO2S. The van der Waals surface area contributed by atoms with Crippen molar-refractivity contribution in [2.75, 3.05) is 20.8 Å². The number of benzene rings is 1. The van der Waals surface area contributed by atoms with E-state index in [-0.39, 0.29) is 6.29 Å². The first-order valence-electron chi connectivity index (χ1n) is 5.45. The number of methoxy groups -OCH3 is 2. The highest BCUT2D eigenvalue weighted by Crippen LogP contribution is 2.26. The lowest BCUT2D eigenvalue weighted by atomic mass is 10.1. The van der Waals surface area contributed by atoms with Gasteiger partial charge in [-0.25, -0.2) is 4.31 Å². The van der Waals surface area contributed by atoms with Crippen LogP contribution in [0.3, 0.4) is 0 Å². The minimum atomic E-state index is -0.198. The average molecular weight is 446 g/mol. The number of nitrogens with zero attached hydrogens (tertiary/aromatic N) is 1. The Labute approximate surface area is 133 Å². The molecule has 0 N–H and O–H groups in total. The lowest BCUT2D eigenvalue weighted by Gasteiger charge is -2.23. The second kappa shape index (κ2) is 8.76. The normalized spacial score (nSPS) is 11.5. The van der Waals surface area contributed by atoms with Gasteiger partial charge in [0.05, 0.1) is 6.54 Å². The predicted octanol–water partition coefficient (Wildman–Crippen LogP) is 4.18. The summed E-state index contributed by atoms with van der Waals surface area (Å²) in [5.74, 6) is 0. The Morgan fingerprint density at radius 2 is 2.06 bits per heavy atom. The average Bonchev–Trinajstić information content (AvgIpc) is 2.37. The molecule has 0 unspecified atom stereocenters. The highest BCUT2D eigenvalue weighted by molar-refractivity contribution is 14.2. The largest absolute Gasteiger partial charge is 0.355 e. The molecular weight excluding hydrogens is 429 g/mol. The fraction of sp³-hybridized carbons (Fsp3) is 0.500. The van der Waals surface area contributed by atoms with E-state index in [4.69, 9.17) is 9.47 Å². The molecule has 1 rings (SSSR count). The van der Waals surface area contributed by atoms with Crippen molar-refractivity contribution in [1.82, 2.24) is 4.31 Å². The van der Waals surface area contributed by atoms with Gasteiger partial charge in [0.25, 0.3) is 0 Å². The number of ether oxygens (including phenoxy) is 2. The molecule has 0 saturated carbocycles. The van der Waals surface area contributed by atoms with Crippen LogP contribution in [-0.2, 0) is 16.0 Å². The number of aryl methyl sites for hydroxylation is 1. The van der Waals surface area contributed by atoms with Gasteiger partial charge < -0.3 is 9.47 Å². The van der Waals surface area contributed by atoms with Crippen LogP contribution in [-0.4, -0.2) is 31.4 Å². The summed E-state index contributed by atoms with van der Waals surface area (Å²) in [6.07, 6.45) is -0.198. The van der Waals surface area contributed by atoms with Gasteiger partial charge in [-0.2, -0.15) is 0 Å². The van der Waals surface area contributed by atoms with Crippen molar-refractivity contribution >= 4 is 46.3 Å². The third-order valence-electron chi connectivity index (χ3n) is 2.53. The van der Waals surface area contributed by atoms with Gasteiger partial charge in [-0.05, 0) is 33.2 Å². The van der Waals surface area contributed by atoms with Crippen molar-refractivity contribution in [1.29, 1.82) is 0 Å². The zero-order valence-corrected chi connectivity index (χ0v) is 15.2. The quantitative estimate of drug-likeness (QED) is 0.356. The molecule has 6 heteroatoms. The molecule has 1 aromatic rings. The lowest BCUT2D eigenvalue weighted by molar-refractivity contribution is -0.107. The van der Waals surface area contributed by atoms with Gasteiger partial charge in [0.15, 0.2) is 6.29 Å². The summed E-state index contributed by atoms with van der Waals surface area (Å²) in [5, 5.41) is 0. The maximum atomic E-state index is 5.23. The van der Waals surface area contributed by atoms with Crippen LogP contribution in [0.1, 0.15) is 11.1 Å². The Morgan fingerprint density at radius 1 is 1.39 bits per heavy atom. The van der Waals surface area contributed by atoms with E-state index >= 15 is 0 Å². The lowest BCUT2D eigenvalue weighted by Crippen LogP contribution is -2.29. The van der Waals surface area contributed by atoms with Crippen LogP contribution in [0, 0.1) is 6.92 Å². The van der Waals surface area contributed by atoms with Gasteiger partial charge in [-0.3, -0.25) is 0 Å². The molecule has 0 aliphatic carbocycles. The molecule has 1 aromatic carbocycles. The molecule has 102 valence electrons. The summed E-state index contributed by atoms with van der Waals surface area (Å²) in [7, 11) is 4.98. The van der Waals surface area contributed by atoms with E-state index in [0.29, 0.717) is 0 Å². The minimum absolute atomic E-state index is 0.198. The third kappa shape index (κ3) is 5.34. The molecule has 0 fully saturated rings. The zero-order chi connectivity index (χ0) is 13.5. The molecule has 0 atom stereocenters. The Balaban J connectivity index is 2.67. The summed E-state index contributed by atoms with van der Waals surface area (Å²) in [6.45, 7) is 3.66. The second-order valence-corrected chi connectivity index (χ2v) is 6.58. The minimum Gasteiger partial charge on any atom is -0.355 e. The Morgan fingerprint density at radius 3 is 2.56 bits per heavy atom. The zero-order valence-electron chi connectivity index (χ0n) is 10.7. The number of hydrogen-bond acceptors (Lipinski definition) is 4. The summed E-state index contributed by atoms with van der Waals surface area (Å²) in [6, 6.07) is 6.41. The van der Waals surface area contributed by atoms with Crippen LogP contribution in [0.5, 0.6) is 0 Å². The fourth-order valence-electron chi connectivity index (χ4n) is 1.50. The topological polar surface area (TPSA) is 21.7 Å². The highest BCUT2D eigenvalue weighted by Gasteiger charge is 2.14. The van der Waals surface area contributed by atoms with E-state index in [0.717, 1.165) is 17.6 Å². The highest BCUT2D eigenvalue weighted by atomic mass is 127. The van der Waals surface area contributed by atoms with Gasteiger partial charge in [0.2, 0.25) is 0 Å². The second-order valence-electron chi connectivity index (χ2n) is 3.89. The molecule has 0 radical (unpaired) electrons. The van der Waals surface area contributed by atoms with Crippen LogP contribution in [0.25, 0.3) is 0 Å². The van der Waals surface area contributed by atoms with Gasteiger partial charge in [-0.1, -0.05) is 28.1 Å². The smallest absolute Gasteiger partial charge is 0.170 e. The van der Waals surface area contributed by atoms with Crippen LogP contribution >= 0.6 is 46.3 Å². The van der Waals surface area contributed by atoms with Crippen molar-refractivity contribution < 1.29 is 9.47 Å². The van der Waals surface area contributed by atoms with Gasteiger partial charge in [0.1, 0.15) is 0 Å². The summed E-state index contributed by atoms with van der Waals surface area (Å²) in [4.78, 5) is 0. The van der Waals surface area contributed by atoms with E-state index in [2.05, 4.69) is 66.6 Å². The molecule has 0 heterocycles. The Hall–Kier alpha value is 0.660. The van der Waals surface area contributed by atoms with Crippen LogP contribution in [0.2, 0.25) is 0 Å². The molecule has 0 amide bonds. The van der Waals surface area contributed by atoms with Crippen LogP contribution < -0.4 is 0 Å². The third-order valence-corrected chi connectivity index (χ3v) is 5.41. The van der Waals surface area contributed by atoms with Crippen molar-refractivity contribution in [3.05, 3.63) is 33.8 Å². The predicted molar refractivity (Wildman–Crippen MR) is 88.7 cm³/mol. The number of halogens is 2. The molecule has 0 aliphatic heterocycles. The van der Waals surface area contributed by atoms with E-state index in [1.54, 1.807) is 23.3 Å². The van der Waals surface area contributed by atoms with E-state index in [1.807, 2.05) is 0 Å². The summed E-state index contributed by atoms with van der Waals surface area (Å²) >= 11 is 5.88. The van der Waals surface area contributed by atoms with Crippen molar-refractivity contribution in [2.24, 2.45) is 0 Å². The van der Waals surface area contributed by atoms with Crippen LogP contribution in [0.4, 0.5) is 0 Å². The number of rotatable bonds is 7. The maximum Gasteiger partial charge on any atom is 0.170 e. The first-order valence-corrected chi connectivity index (χ1v) is 9.56. The molecule has 0 saturated heterocycles. The summed E-state index contributed by atoms with van der Waals surface area (Å²) in [5.41, 5.74) is 2.52. The van der Waals surface area contributed by atoms with Crippen molar-refractivity contribution in [3.8, 4) is 0 Å². The Kier molecular flexibility index (Phi) is 8.13. The summed E-state index contributed by atoms with van der Waals surface area (Å²) < 4.78 is 13.8. The fourth-order valence-corrected chi connectivity index (χ4v) is 3.38. The van der Waals surface area contributed by atoms with Gasteiger partial charge >= 0.3 is 0 Å². The number of hydrogen-bond donors (Lipinski definition) is 0. The van der Waals surface area contributed by atoms with Gasteiger partial charge in [0, 0.05) is 46.4 Å². The maximum absolute atomic E-state index is 5.23. The molecule has 18 heavy (non-hydrogen) atoms. The van der Waals surface area contributed by atoms with Crippen molar-refractivity contribution in [2.45, 2.75) is 19.8 Å².